The molecule has 0 aliphatic rings. The smallest absolute Gasteiger partial charge is 0.290 e. The lowest BCUT2D eigenvalue weighted by Crippen LogP contribution is -2.03. The summed E-state index contributed by atoms with van der Waals surface area (Å²) in [5.41, 5.74) is 1.38. The summed E-state index contributed by atoms with van der Waals surface area (Å²) in [5.74, 6) is 0. The van der Waals surface area contributed by atoms with Gasteiger partial charge in [-0.25, -0.2) is 9.13 Å². The summed E-state index contributed by atoms with van der Waals surface area (Å²) in [6.45, 7) is -0.101. The van der Waals surface area contributed by atoms with Gasteiger partial charge in [-0.2, -0.15) is 0 Å². The molecular formula is C16H22O8P2. The van der Waals surface area contributed by atoms with Crippen LogP contribution in [0.4, 0.5) is 0 Å². The van der Waals surface area contributed by atoms with E-state index in [1.165, 1.54) is 28.4 Å². The van der Waals surface area contributed by atoms with Gasteiger partial charge in [-0.15, -0.1) is 0 Å². The SMILES string of the molecule is COP(=O)(OC)OCc1ccc2ccccc2c1COP(=O)(OC)OC. The van der Waals surface area contributed by atoms with Crippen LogP contribution < -0.4 is 0 Å². The minimum Gasteiger partial charge on any atom is -0.290 e. The standard InChI is InChI=1S/C16H22O8P2/c1-19-25(17,20-2)23-11-14-10-9-13-7-5-6-8-15(13)16(14)12-24-26(18,21-3)22-4/h5-10H,11-12H2,1-4H3. The zero-order chi connectivity index (χ0) is 19.2. The molecule has 0 fully saturated rings. The molecule has 0 radical (unpaired) electrons. The lowest BCUT2D eigenvalue weighted by molar-refractivity contribution is 0.138. The van der Waals surface area contributed by atoms with Gasteiger partial charge in [0, 0.05) is 28.4 Å². The first kappa shape index (κ1) is 21.2. The Morgan fingerprint density at radius 1 is 0.731 bits per heavy atom. The fourth-order valence-electron chi connectivity index (χ4n) is 2.34. The molecule has 2 aromatic carbocycles. The predicted octanol–water partition coefficient (Wildman–Crippen LogP) is 4.67. The number of benzene rings is 2. The van der Waals surface area contributed by atoms with Gasteiger partial charge in [0.15, 0.2) is 0 Å². The van der Waals surface area contributed by atoms with Crippen molar-refractivity contribution in [1.29, 1.82) is 0 Å². The maximum Gasteiger partial charge on any atom is 0.474 e. The molecule has 0 N–H and O–H groups in total. The van der Waals surface area contributed by atoms with E-state index in [1.54, 1.807) is 6.07 Å². The van der Waals surface area contributed by atoms with Crippen LogP contribution in [0.2, 0.25) is 0 Å². The summed E-state index contributed by atoms with van der Waals surface area (Å²) in [6, 6.07) is 11.3. The Bertz CT molecular complexity index is 822. The maximum absolute atomic E-state index is 12.2. The maximum atomic E-state index is 12.2. The Morgan fingerprint density at radius 3 is 1.85 bits per heavy atom. The van der Waals surface area contributed by atoms with E-state index in [4.69, 9.17) is 27.1 Å². The van der Waals surface area contributed by atoms with E-state index >= 15 is 0 Å². The molecule has 0 atom stereocenters. The average Bonchev–Trinajstić information content (AvgIpc) is 2.70. The van der Waals surface area contributed by atoms with Gasteiger partial charge in [0.2, 0.25) is 0 Å². The molecule has 0 aromatic heterocycles. The first-order valence-electron chi connectivity index (χ1n) is 7.62. The lowest BCUT2D eigenvalue weighted by atomic mass is 10.00. The molecule has 0 unspecified atom stereocenters. The van der Waals surface area contributed by atoms with Crippen molar-refractivity contribution in [2.75, 3.05) is 28.4 Å². The third-order valence-corrected chi connectivity index (χ3v) is 6.46. The average molecular weight is 404 g/mol. The van der Waals surface area contributed by atoms with Crippen molar-refractivity contribution in [3.8, 4) is 0 Å². The highest BCUT2D eigenvalue weighted by atomic mass is 31.2. The molecule has 0 spiro atoms. The summed E-state index contributed by atoms with van der Waals surface area (Å²) >= 11 is 0. The highest BCUT2D eigenvalue weighted by molar-refractivity contribution is 7.48. The second-order valence-electron chi connectivity index (χ2n) is 5.10. The lowest BCUT2D eigenvalue weighted by Gasteiger charge is -2.18. The van der Waals surface area contributed by atoms with E-state index in [2.05, 4.69) is 0 Å². The number of hydrogen-bond acceptors (Lipinski definition) is 8. The van der Waals surface area contributed by atoms with Gasteiger partial charge in [-0.3, -0.25) is 27.1 Å². The van der Waals surface area contributed by atoms with E-state index in [0.717, 1.165) is 10.8 Å². The van der Waals surface area contributed by atoms with Crippen LogP contribution in [0.1, 0.15) is 11.1 Å². The third-order valence-electron chi connectivity index (χ3n) is 3.78. The van der Waals surface area contributed by atoms with Crippen LogP contribution in [0, 0.1) is 0 Å². The van der Waals surface area contributed by atoms with Gasteiger partial charge < -0.3 is 0 Å². The van der Waals surface area contributed by atoms with Crippen molar-refractivity contribution in [3.05, 3.63) is 47.5 Å². The predicted molar refractivity (Wildman–Crippen MR) is 96.8 cm³/mol. The quantitative estimate of drug-likeness (QED) is 0.528. The Labute approximate surface area is 152 Å². The van der Waals surface area contributed by atoms with Crippen LogP contribution in [0.25, 0.3) is 10.8 Å². The third kappa shape index (κ3) is 5.00. The fraction of sp³-hybridized carbons (Fsp3) is 0.375. The van der Waals surface area contributed by atoms with Crippen LogP contribution in [-0.2, 0) is 49.5 Å². The molecule has 2 rings (SSSR count). The topological polar surface area (TPSA) is 89.5 Å². The van der Waals surface area contributed by atoms with E-state index in [-0.39, 0.29) is 13.2 Å². The Morgan fingerprint density at radius 2 is 1.27 bits per heavy atom. The number of hydrogen-bond donors (Lipinski definition) is 0. The van der Waals surface area contributed by atoms with Crippen LogP contribution in [-0.4, -0.2) is 28.4 Å². The van der Waals surface area contributed by atoms with Crippen molar-refractivity contribution in [3.63, 3.8) is 0 Å². The number of phosphoric ester groups is 2. The van der Waals surface area contributed by atoms with E-state index < -0.39 is 15.6 Å². The minimum atomic E-state index is -3.65. The van der Waals surface area contributed by atoms with Crippen LogP contribution in [0.5, 0.6) is 0 Å². The molecule has 0 bridgehead atoms. The Hall–Kier alpha value is -1.08. The summed E-state index contributed by atoms with van der Waals surface area (Å²) in [4.78, 5) is 0. The van der Waals surface area contributed by atoms with Gasteiger partial charge in [-0.1, -0.05) is 36.4 Å². The second-order valence-corrected chi connectivity index (χ2v) is 8.86. The van der Waals surface area contributed by atoms with Crippen LogP contribution >= 0.6 is 15.6 Å². The Kier molecular flexibility index (Phi) is 7.52. The summed E-state index contributed by atoms with van der Waals surface area (Å²) < 4.78 is 54.2. The fourth-order valence-corrected chi connectivity index (χ4v) is 3.64. The molecule has 0 heterocycles. The molecule has 2 aromatic rings. The second kappa shape index (κ2) is 9.22. The molecule has 26 heavy (non-hydrogen) atoms. The van der Waals surface area contributed by atoms with Crippen molar-refractivity contribution < 1.29 is 36.3 Å². The van der Waals surface area contributed by atoms with Crippen molar-refractivity contribution in [2.24, 2.45) is 0 Å². The summed E-state index contributed by atoms with van der Waals surface area (Å²) in [6.07, 6.45) is 0. The highest BCUT2D eigenvalue weighted by Gasteiger charge is 2.26. The van der Waals surface area contributed by atoms with E-state index in [1.807, 2.05) is 30.3 Å². The van der Waals surface area contributed by atoms with Crippen molar-refractivity contribution in [2.45, 2.75) is 13.2 Å². The Balaban J connectivity index is 2.37. The minimum absolute atomic E-state index is 0.0489. The monoisotopic (exact) mass is 404 g/mol. The van der Waals surface area contributed by atoms with Gasteiger partial charge >= 0.3 is 15.6 Å². The first-order valence-corrected chi connectivity index (χ1v) is 10.5. The van der Waals surface area contributed by atoms with Gasteiger partial charge in [0.05, 0.1) is 13.2 Å². The number of rotatable bonds is 10. The van der Waals surface area contributed by atoms with Crippen LogP contribution in [0.3, 0.4) is 0 Å². The zero-order valence-corrected chi connectivity index (χ0v) is 16.8. The molecule has 8 nitrogen and oxygen atoms in total. The zero-order valence-electron chi connectivity index (χ0n) is 15.0. The molecule has 0 aliphatic heterocycles. The molecular weight excluding hydrogens is 382 g/mol. The molecule has 0 saturated carbocycles. The molecule has 0 amide bonds. The van der Waals surface area contributed by atoms with E-state index in [9.17, 15) is 9.13 Å². The van der Waals surface area contributed by atoms with Gasteiger partial charge in [0.25, 0.3) is 0 Å². The normalized spacial score (nSPS) is 12.6. The van der Waals surface area contributed by atoms with Gasteiger partial charge in [0.1, 0.15) is 0 Å². The van der Waals surface area contributed by atoms with Crippen molar-refractivity contribution >= 4 is 26.4 Å². The molecule has 0 saturated heterocycles. The molecule has 144 valence electrons. The largest absolute Gasteiger partial charge is 0.474 e. The number of fused-ring (bicyclic) bond motifs is 1. The summed E-state index contributed by atoms with van der Waals surface area (Å²) in [5, 5.41) is 1.83. The summed E-state index contributed by atoms with van der Waals surface area (Å²) in [7, 11) is -2.33. The molecule has 10 heteroatoms. The van der Waals surface area contributed by atoms with Crippen LogP contribution in [0.15, 0.2) is 36.4 Å². The first-order chi connectivity index (χ1) is 12.4. The molecule has 0 aliphatic carbocycles. The van der Waals surface area contributed by atoms with Crippen molar-refractivity contribution in [1.82, 2.24) is 0 Å². The number of phosphoric acid groups is 2. The van der Waals surface area contributed by atoms with Gasteiger partial charge in [-0.05, 0) is 21.9 Å². The van der Waals surface area contributed by atoms with E-state index in [0.29, 0.717) is 11.1 Å². The highest BCUT2D eigenvalue weighted by Crippen LogP contribution is 2.50.